The van der Waals surface area contributed by atoms with Crippen LogP contribution in [-0.2, 0) is 23.3 Å². The Morgan fingerprint density at radius 1 is 0.909 bits per heavy atom. The second-order valence-electron chi connectivity index (χ2n) is 8.45. The van der Waals surface area contributed by atoms with Crippen molar-refractivity contribution < 1.29 is 4.79 Å². The summed E-state index contributed by atoms with van der Waals surface area (Å²) in [6.45, 7) is 4.54. The van der Waals surface area contributed by atoms with Gasteiger partial charge in [-0.15, -0.1) is 11.3 Å². The van der Waals surface area contributed by atoms with Crippen LogP contribution in [0.25, 0.3) is 10.6 Å². The number of hydrogen-bond acceptors (Lipinski definition) is 4. The maximum Gasteiger partial charge on any atom is 0.267 e. The number of thiophene rings is 1. The van der Waals surface area contributed by atoms with Crippen LogP contribution in [0.3, 0.4) is 0 Å². The van der Waals surface area contributed by atoms with Crippen molar-refractivity contribution in [1.82, 2.24) is 14.7 Å². The third-order valence-corrected chi connectivity index (χ3v) is 6.54. The highest BCUT2D eigenvalue weighted by atomic mass is 32.1. The summed E-state index contributed by atoms with van der Waals surface area (Å²) in [6.07, 6.45) is 0.729. The Hall–Kier alpha value is -3.51. The Kier molecular flexibility index (Phi) is 6.84. The van der Waals surface area contributed by atoms with E-state index >= 15 is 0 Å². The van der Waals surface area contributed by atoms with E-state index in [9.17, 15) is 9.59 Å². The largest absolute Gasteiger partial charge is 0.336 e. The van der Waals surface area contributed by atoms with Crippen molar-refractivity contribution in [1.29, 1.82) is 0 Å². The molecule has 2 aromatic heterocycles. The average molecular weight is 458 g/mol. The highest BCUT2D eigenvalue weighted by molar-refractivity contribution is 7.13. The Balaban J connectivity index is 1.65. The topological polar surface area (TPSA) is 55.2 Å². The number of carbonyl (C=O) groups excluding carboxylic acids is 1. The fourth-order valence-corrected chi connectivity index (χ4v) is 4.50. The quantitative estimate of drug-likeness (QED) is 0.375. The third kappa shape index (κ3) is 5.29. The summed E-state index contributed by atoms with van der Waals surface area (Å²) in [7, 11) is 0. The minimum atomic E-state index is -1.14. The zero-order valence-corrected chi connectivity index (χ0v) is 19.7. The van der Waals surface area contributed by atoms with E-state index in [2.05, 4.69) is 17.2 Å². The summed E-state index contributed by atoms with van der Waals surface area (Å²) >= 11 is 1.55. The van der Waals surface area contributed by atoms with E-state index in [-0.39, 0.29) is 11.5 Å². The first kappa shape index (κ1) is 22.7. The van der Waals surface area contributed by atoms with Gasteiger partial charge in [-0.05, 0) is 48.9 Å². The van der Waals surface area contributed by atoms with Crippen molar-refractivity contribution in [3.05, 3.63) is 112 Å². The Labute approximate surface area is 197 Å². The smallest absolute Gasteiger partial charge is 0.267 e. The van der Waals surface area contributed by atoms with Gasteiger partial charge in [-0.25, -0.2) is 4.68 Å². The molecule has 1 amide bonds. The van der Waals surface area contributed by atoms with Crippen LogP contribution in [0.1, 0.15) is 25.0 Å². The van der Waals surface area contributed by atoms with Crippen molar-refractivity contribution in [2.45, 2.75) is 32.4 Å². The number of benzene rings is 2. The molecule has 2 aromatic carbocycles. The lowest BCUT2D eigenvalue weighted by molar-refractivity contribution is -0.140. The lowest BCUT2D eigenvalue weighted by Gasteiger charge is -2.33. The molecule has 0 saturated carbocycles. The maximum absolute atomic E-state index is 13.9. The first-order chi connectivity index (χ1) is 15.9. The molecule has 33 heavy (non-hydrogen) atoms. The molecule has 168 valence electrons. The van der Waals surface area contributed by atoms with Crippen LogP contribution in [0.15, 0.2) is 95.1 Å². The summed E-state index contributed by atoms with van der Waals surface area (Å²) < 4.78 is 1.32. The van der Waals surface area contributed by atoms with Crippen LogP contribution in [0.5, 0.6) is 0 Å². The molecule has 0 saturated heterocycles. The van der Waals surface area contributed by atoms with Crippen LogP contribution >= 0.6 is 11.3 Å². The summed E-state index contributed by atoms with van der Waals surface area (Å²) in [6, 6.07) is 27.1. The van der Waals surface area contributed by atoms with Gasteiger partial charge >= 0.3 is 0 Å². The lowest BCUT2D eigenvalue weighted by atomic mass is 10.0. The molecule has 0 bridgehead atoms. The fourth-order valence-electron chi connectivity index (χ4n) is 3.81. The van der Waals surface area contributed by atoms with Crippen LogP contribution in [-0.4, -0.2) is 27.1 Å². The van der Waals surface area contributed by atoms with Crippen molar-refractivity contribution in [3.8, 4) is 10.6 Å². The van der Waals surface area contributed by atoms with E-state index < -0.39 is 5.54 Å². The average Bonchev–Trinajstić information content (AvgIpc) is 3.38. The van der Waals surface area contributed by atoms with Crippen molar-refractivity contribution >= 4 is 17.2 Å². The molecule has 0 aliphatic heterocycles. The molecular formula is C27H27N3O2S. The molecule has 2 heterocycles. The second kappa shape index (κ2) is 9.96. The van der Waals surface area contributed by atoms with Crippen molar-refractivity contribution in [3.63, 3.8) is 0 Å². The van der Waals surface area contributed by atoms with E-state index in [1.54, 1.807) is 31.3 Å². The summed E-state index contributed by atoms with van der Waals surface area (Å²) in [5.74, 6) is -0.139. The Morgan fingerprint density at radius 2 is 1.58 bits per heavy atom. The van der Waals surface area contributed by atoms with E-state index in [4.69, 9.17) is 0 Å². The van der Waals surface area contributed by atoms with Gasteiger partial charge in [-0.1, -0.05) is 66.7 Å². The minimum absolute atomic E-state index is 0.139. The van der Waals surface area contributed by atoms with Gasteiger partial charge in [0.15, 0.2) is 0 Å². The molecule has 0 radical (unpaired) electrons. The summed E-state index contributed by atoms with van der Waals surface area (Å²) in [4.78, 5) is 29.4. The first-order valence-corrected chi connectivity index (χ1v) is 11.8. The molecule has 6 heteroatoms. The molecule has 0 unspecified atom stereocenters. The number of rotatable bonds is 8. The maximum atomic E-state index is 13.9. The predicted octanol–water partition coefficient (Wildman–Crippen LogP) is 4.98. The molecule has 5 nitrogen and oxygen atoms in total. The minimum Gasteiger partial charge on any atom is -0.336 e. The number of aromatic nitrogens is 2. The lowest BCUT2D eigenvalue weighted by Crippen LogP contribution is -2.51. The van der Waals surface area contributed by atoms with Gasteiger partial charge in [0.25, 0.3) is 5.56 Å². The third-order valence-electron chi connectivity index (χ3n) is 5.64. The first-order valence-electron chi connectivity index (χ1n) is 11.0. The van der Waals surface area contributed by atoms with E-state index in [0.29, 0.717) is 18.8 Å². The molecule has 0 spiro atoms. The Bertz CT molecular complexity index is 1250. The van der Waals surface area contributed by atoms with Crippen LogP contribution in [0.2, 0.25) is 0 Å². The second-order valence-corrected chi connectivity index (χ2v) is 9.40. The summed E-state index contributed by atoms with van der Waals surface area (Å²) in [5, 5.41) is 6.55. The molecule has 4 rings (SSSR count). The standard InChI is InChI=1S/C27H27N3O2S/c1-27(2,30-25(31)16-15-23(28-30)24-14-9-19-33-24)26(32)29(20-22-12-7-4-8-13-22)18-17-21-10-5-3-6-11-21/h3-16,19H,17-18,20H2,1-2H3. The molecular weight excluding hydrogens is 430 g/mol. The number of hydrogen-bond donors (Lipinski definition) is 0. The van der Waals surface area contributed by atoms with Crippen molar-refractivity contribution in [2.75, 3.05) is 6.54 Å². The van der Waals surface area contributed by atoms with Gasteiger partial charge < -0.3 is 4.90 Å². The van der Waals surface area contributed by atoms with Crippen LogP contribution < -0.4 is 5.56 Å². The van der Waals surface area contributed by atoms with Gasteiger partial charge in [0.05, 0.1) is 4.88 Å². The predicted molar refractivity (Wildman–Crippen MR) is 133 cm³/mol. The Morgan fingerprint density at radius 3 is 2.21 bits per heavy atom. The van der Waals surface area contributed by atoms with E-state index in [0.717, 1.165) is 22.4 Å². The van der Waals surface area contributed by atoms with E-state index in [1.165, 1.54) is 10.7 Å². The van der Waals surface area contributed by atoms with Crippen molar-refractivity contribution in [2.24, 2.45) is 0 Å². The molecule has 0 aliphatic carbocycles. The van der Waals surface area contributed by atoms with Gasteiger partial charge in [-0.3, -0.25) is 9.59 Å². The zero-order valence-electron chi connectivity index (χ0n) is 18.8. The number of carbonyl (C=O) groups is 1. The van der Waals surface area contributed by atoms with Crippen LogP contribution in [0, 0.1) is 0 Å². The fraction of sp³-hybridized carbons (Fsp3) is 0.222. The number of amides is 1. The molecule has 0 N–H and O–H groups in total. The van der Waals surface area contributed by atoms with Gasteiger partial charge in [0, 0.05) is 19.2 Å². The summed E-state index contributed by atoms with van der Waals surface area (Å²) in [5.41, 5.74) is 1.45. The van der Waals surface area contributed by atoms with Gasteiger partial charge in [0.1, 0.15) is 11.2 Å². The van der Waals surface area contributed by atoms with E-state index in [1.807, 2.05) is 70.9 Å². The molecule has 0 aliphatic rings. The molecule has 0 fully saturated rings. The highest BCUT2D eigenvalue weighted by Crippen LogP contribution is 2.24. The molecule has 4 aromatic rings. The van der Waals surface area contributed by atoms with Gasteiger partial charge in [0.2, 0.25) is 5.91 Å². The van der Waals surface area contributed by atoms with Gasteiger partial charge in [-0.2, -0.15) is 5.10 Å². The monoisotopic (exact) mass is 457 g/mol. The van der Waals surface area contributed by atoms with Crippen LogP contribution in [0.4, 0.5) is 0 Å². The highest BCUT2D eigenvalue weighted by Gasteiger charge is 2.36. The SMILES string of the molecule is CC(C)(C(=O)N(CCc1ccccc1)Cc1ccccc1)n1nc(-c2cccs2)ccc1=O. The number of nitrogens with zero attached hydrogens (tertiary/aromatic N) is 3. The molecule has 0 atom stereocenters. The zero-order chi connectivity index (χ0) is 23.3. The normalized spacial score (nSPS) is 11.3.